The van der Waals surface area contributed by atoms with Crippen molar-refractivity contribution in [1.29, 1.82) is 0 Å². The summed E-state index contributed by atoms with van der Waals surface area (Å²) >= 11 is 0. The third-order valence-corrected chi connectivity index (χ3v) is 5.64. The van der Waals surface area contributed by atoms with Gasteiger partial charge in [0.05, 0.1) is 5.92 Å². The van der Waals surface area contributed by atoms with E-state index in [2.05, 4.69) is 5.32 Å². The fourth-order valence-corrected chi connectivity index (χ4v) is 4.30. The van der Waals surface area contributed by atoms with Gasteiger partial charge in [-0.2, -0.15) is 0 Å². The normalized spacial score (nSPS) is 24.1. The lowest BCUT2D eigenvalue weighted by atomic mass is 9.96. The first kappa shape index (κ1) is 20.7. The summed E-state index contributed by atoms with van der Waals surface area (Å²) in [6, 6.07) is 5.53. The molecule has 0 aliphatic carbocycles. The molecule has 2 atom stereocenters. The number of rotatable bonds is 4. The highest BCUT2D eigenvalue weighted by molar-refractivity contribution is 6.00. The van der Waals surface area contributed by atoms with E-state index >= 15 is 0 Å². The third-order valence-electron chi connectivity index (χ3n) is 5.64. The minimum Gasteiger partial charge on any atom is -0.486 e. The molecule has 3 aliphatic rings. The Morgan fingerprint density at radius 1 is 1.21 bits per heavy atom. The van der Waals surface area contributed by atoms with E-state index in [1.165, 1.54) is 0 Å². The Morgan fingerprint density at radius 2 is 2.00 bits per heavy atom. The SMILES string of the molecule is CNCC1CCCN(C(=O)C2CC(=O)N(c3ccc4c(c3)OCCO4)C2)C1.Cl. The monoisotopic (exact) mass is 409 g/mol. The third kappa shape index (κ3) is 4.20. The van der Waals surface area contributed by atoms with Crippen molar-refractivity contribution in [2.24, 2.45) is 11.8 Å². The van der Waals surface area contributed by atoms with E-state index in [9.17, 15) is 9.59 Å². The number of carbonyl (C=O) groups is 2. The number of likely N-dealkylation sites (tertiary alicyclic amines) is 1. The van der Waals surface area contributed by atoms with Gasteiger partial charge in [-0.25, -0.2) is 0 Å². The number of carbonyl (C=O) groups excluding carboxylic acids is 2. The molecule has 0 spiro atoms. The van der Waals surface area contributed by atoms with Crippen molar-refractivity contribution in [2.75, 3.05) is 51.3 Å². The number of ether oxygens (including phenoxy) is 2. The van der Waals surface area contributed by atoms with Gasteiger partial charge in [0.25, 0.3) is 0 Å². The number of hydrogen-bond donors (Lipinski definition) is 1. The van der Waals surface area contributed by atoms with Gasteiger partial charge in [0.2, 0.25) is 11.8 Å². The molecule has 2 saturated heterocycles. The zero-order chi connectivity index (χ0) is 18.8. The first-order valence-corrected chi connectivity index (χ1v) is 9.79. The molecule has 7 nitrogen and oxygen atoms in total. The highest BCUT2D eigenvalue weighted by Crippen LogP contribution is 2.36. The number of halogens is 1. The molecule has 28 heavy (non-hydrogen) atoms. The van der Waals surface area contributed by atoms with Gasteiger partial charge in [0.1, 0.15) is 13.2 Å². The van der Waals surface area contributed by atoms with E-state index < -0.39 is 0 Å². The Balaban J connectivity index is 0.00000225. The summed E-state index contributed by atoms with van der Waals surface area (Å²) in [5.41, 5.74) is 0.770. The van der Waals surface area contributed by atoms with Gasteiger partial charge in [-0.05, 0) is 44.5 Å². The summed E-state index contributed by atoms with van der Waals surface area (Å²) in [5.74, 6) is 1.70. The summed E-state index contributed by atoms with van der Waals surface area (Å²) in [6.07, 6.45) is 2.46. The maximum Gasteiger partial charge on any atom is 0.228 e. The van der Waals surface area contributed by atoms with E-state index in [1.54, 1.807) is 4.90 Å². The molecule has 2 unspecified atom stereocenters. The molecular weight excluding hydrogens is 382 g/mol. The molecule has 3 aliphatic heterocycles. The Kier molecular flexibility index (Phi) is 6.67. The van der Waals surface area contributed by atoms with Gasteiger partial charge in [0.15, 0.2) is 11.5 Å². The molecular formula is C20H28ClN3O4. The Bertz CT molecular complexity index is 727. The van der Waals surface area contributed by atoms with Crippen LogP contribution in [0.1, 0.15) is 19.3 Å². The van der Waals surface area contributed by atoms with E-state index in [-0.39, 0.29) is 36.6 Å². The second-order valence-corrected chi connectivity index (χ2v) is 7.58. The highest BCUT2D eigenvalue weighted by Gasteiger charge is 2.38. The number of piperidine rings is 1. The van der Waals surface area contributed by atoms with Gasteiger partial charge in [0, 0.05) is 37.8 Å². The molecule has 2 amide bonds. The Hall–Kier alpha value is -1.99. The van der Waals surface area contributed by atoms with Crippen LogP contribution in [0.2, 0.25) is 0 Å². The molecule has 0 radical (unpaired) electrons. The number of fused-ring (bicyclic) bond motifs is 1. The summed E-state index contributed by atoms with van der Waals surface area (Å²) in [5, 5.41) is 3.20. The molecule has 1 aromatic rings. The van der Waals surface area contributed by atoms with Crippen molar-refractivity contribution < 1.29 is 19.1 Å². The van der Waals surface area contributed by atoms with Crippen LogP contribution in [0.15, 0.2) is 18.2 Å². The molecule has 0 saturated carbocycles. The largest absolute Gasteiger partial charge is 0.486 e. The van der Waals surface area contributed by atoms with E-state index in [4.69, 9.17) is 9.47 Å². The second kappa shape index (κ2) is 9.01. The lowest BCUT2D eigenvalue weighted by molar-refractivity contribution is -0.137. The molecule has 0 aromatic heterocycles. The summed E-state index contributed by atoms with van der Waals surface area (Å²) < 4.78 is 11.2. The average molecular weight is 410 g/mol. The summed E-state index contributed by atoms with van der Waals surface area (Å²) in [4.78, 5) is 29.2. The summed E-state index contributed by atoms with van der Waals surface area (Å²) in [6.45, 7) is 3.99. The number of nitrogens with zero attached hydrogens (tertiary/aromatic N) is 2. The van der Waals surface area contributed by atoms with Crippen LogP contribution in [-0.2, 0) is 9.59 Å². The topological polar surface area (TPSA) is 71.1 Å². The fourth-order valence-electron chi connectivity index (χ4n) is 4.30. The van der Waals surface area contributed by atoms with Crippen LogP contribution in [0, 0.1) is 11.8 Å². The number of anilines is 1. The number of nitrogens with one attached hydrogen (secondary N) is 1. The lowest BCUT2D eigenvalue weighted by Gasteiger charge is -2.34. The molecule has 4 rings (SSSR count). The van der Waals surface area contributed by atoms with Gasteiger partial charge in [-0.1, -0.05) is 0 Å². The maximum atomic E-state index is 13.0. The fraction of sp³-hybridized carbons (Fsp3) is 0.600. The minimum absolute atomic E-state index is 0. The van der Waals surface area contributed by atoms with Gasteiger partial charge in [-0.3, -0.25) is 9.59 Å². The van der Waals surface area contributed by atoms with Crippen LogP contribution in [0.5, 0.6) is 11.5 Å². The van der Waals surface area contributed by atoms with Gasteiger partial charge < -0.3 is 24.6 Å². The smallest absolute Gasteiger partial charge is 0.228 e. The first-order valence-electron chi connectivity index (χ1n) is 9.79. The average Bonchev–Trinajstić information content (AvgIpc) is 3.09. The predicted molar refractivity (Wildman–Crippen MR) is 108 cm³/mol. The van der Waals surface area contributed by atoms with Crippen LogP contribution in [-0.4, -0.2) is 63.2 Å². The van der Waals surface area contributed by atoms with Gasteiger partial charge in [-0.15, -0.1) is 12.4 Å². The Labute approximate surface area is 171 Å². The van der Waals surface area contributed by atoms with Crippen LogP contribution >= 0.6 is 12.4 Å². The molecule has 3 heterocycles. The number of hydrogen-bond acceptors (Lipinski definition) is 5. The molecule has 2 fully saturated rings. The van der Waals surface area contributed by atoms with Crippen molar-refractivity contribution >= 4 is 29.9 Å². The van der Waals surface area contributed by atoms with E-state index in [1.807, 2.05) is 30.1 Å². The zero-order valence-corrected chi connectivity index (χ0v) is 17.0. The van der Waals surface area contributed by atoms with Crippen LogP contribution in [0.3, 0.4) is 0 Å². The maximum absolute atomic E-state index is 13.0. The summed E-state index contributed by atoms with van der Waals surface area (Å²) in [7, 11) is 1.95. The standard InChI is InChI=1S/C20H27N3O4.ClH/c1-21-11-14-3-2-6-22(12-14)20(25)15-9-19(24)23(13-15)16-4-5-17-18(10-16)27-8-7-26-17;/h4-5,10,14-15,21H,2-3,6-9,11-13H2,1H3;1H. The minimum atomic E-state index is -0.265. The molecule has 0 bridgehead atoms. The van der Waals surface area contributed by atoms with Crippen molar-refractivity contribution in [1.82, 2.24) is 10.2 Å². The predicted octanol–water partition coefficient (Wildman–Crippen LogP) is 1.69. The van der Waals surface area contributed by atoms with E-state index in [0.717, 1.165) is 38.2 Å². The molecule has 8 heteroatoms. The first-order chi connectivity index (χ1) is 13.2. The van der Waals surface area contributed by atoms with Crippen LogP contribution < -0.4 is 19.7 Å². The molecule has 154 valence electrons. The zero-order valence-electron chi connectivity index (χ0n) is 16.2. The Morgan fingerprint density at radius 3 is 2.79 bits per heavy atom. The lowest BCUT2D eigenvalue weighted by Crippen LogP contribution is -2.45. The van der Waals surface area contributed by atoms with Crippen molar-refractivity contribution in [2.45, 2.75) is 19.3 Å². The van der Waals surface area contributed by atoms with Crippen molar-refractivity contribution in [3.63, 3.8) is 0 Å². The van der Waals surface area contributed by atoms with Crippen LogP contribution in [0.25, 0.3) is 0 Å². The highest BCUT2D eigenvalue weighted by atomic mass is 35.5. The second-order valence-electron chi connectivity index (χ2n) is 7.58. The van der Waals surface area contributed by atoms with Crippen molar-refractivity contribution in [3.8, 4) is 11.5 Å². The molecule has 1 aromatic carbocycles. The number of amides is 2. The number of benzene rings is 1. The van der Waals surface area contributed by atoms with Crippen molar-refractivity contribution in [3.05, 3.63) is 18.2 Å². The quantitative estimate of drug-likeness (QED) is 0.819. The molecule has 1 N–H and O–H groups in total. The van der Waals surface area contributed by atoms with Crippen LogP contribution in [0.4, 0.5) is 5.69 Å². The van der Waals surface area contributed by atoms with E-state index in [0.29, 0.717) is 37.2 Å². The van der Waals surface area contributed by atoms with Gasteiger partial charge >= 0.3 is 0 Å².